The van der Waals surface area contributed by atoms with Gasteiger partial charge in [-0.3, -0.25) is 4.79 Å². The normalized spacial score (nSPS) is 13.8. The summed E-state index contributed by atoms with van der Waals surface area (Å²) in [6.45, 7) is 7.01. The highest BCUT2D eigenvalue weighted by Crippen LogP contribution is 2.23. The van der Waals surface area contributed by atoms with E-state index in [0.717, 1.165) is 0 Å². The topological polar surface area (TPSA) is 150 Å². The van der Waals surface area contributed by atoms with Crippen LogP contribution in [0.5, 0.6) is 0 Å². The molecule has 2 aromatic carbocycles. The third-order valence-electron chi connectivity index (χ3n) is 5.14. The lowest BCUT2D eigenvalue weighted by molar-refractivity contribution is -0.222. The molecular formula is C28H28N2O9. The summed E-state index contributed by atoms with van der Waals surface area (Å²) in [4.78, 5) is 61.1. The molecule has 2 heterocycles. The van der Waals surface area contributed by atoms with Crippen molar-refractivity contribution in [3.63, 3.8) is 0 Å². The smallest absolute Gasteiger partial charge is 0.350 e. The molecule has 1 saturated heterocycles. The second-order valence-electron chi connectivity index (χ2n) is 8.51. The van der Waals surface area contributed by atoms with E-state index in [0.29, 0.717) is 34.3 Å². The van der Waals surface area contributed by atoms with Crippen LogP contribution in [0.25, 0.3) is 10.9 Å². The third-order valence-corrected chi connectivity index (χ3v) is 5.14. The monoisotopic (exact) mass is 536 g/mol. The lowest BCUT2D eigenvalue weighted by atomic mass is 10.1. The molecule has 3 aromatic rings. The fourth-order valence-electron chi connectivity index (χ4n) is 3.40. The van der Waals surface area contributed by atoms with E-state index < -0.39 is 23.7 Å². The second-order valence-corrected chi connectivity index (χ2v) is 8.51. The van der Waals surface area contributed by atoms with Gasteiger partial charge in [0.15, 0.2) is 11.0 Å². The Morgan fingerprint density at radius 1 is 0.897 bits per heavy atom. The fourth-order valence-corrected chi connectivity index (χ4v) is 3.40. The molecule has 0 amide bonds. The molecule has 0 bridgehead atoms. The maximum atomic E-state index is 11.8. The van der Waals surface area contributed by atoms with Gasteiger partial charge < -0.3 is 29.2 Å². The number of aromatic amines is 1. The predicted molar refractivity (Wildman–Crippen MR) is 141 cm³/mol. The van der Waals surface area contributed by atoms with Crippen molar-refractivity contribution in [2.75, 3.05) is 18.5 Å². The maximum Gasteiger partial charge on any atom is 0.350 e. The molecule has 1 aromatic heterocycles. The van der Waals surface area contributed by atoms with E-state index in [-0.39, 0.29) is 23.6 Å². The van der Waals surface area contributed by atoms with E-state index in [9.17, 15) is 24.0 Å². The van der Waals surface area contributed by atoms with Gasteiger partial charge in [-0.25, -0.2) is 19.2 Å². The number of esters is 4. The van der Waals surface area contributed by atoms with Gasteiger partial charge in [0.05, 0.1) is 29.9 Å². The molecule has 0 unspecified atom stereocenters. The number of hydrogen-bond acceptors (Lipinski definition) is 10. The van der Waals surface area contributed by atoms with Crippen LogP contribution < -0.4 is 10.7 Å². The van der Waals surface area contributed by atoms with E-state index >= 15 is 0 Å². The molecule has 204 valence electrons. The van der Waals surface area contributed by atoms with E-state index in [1.807, 2.05) is 0 Å². The Labute approximate surface area is 223 Å². The first kappa shape index (κ1) is 28.6. The first-order valence-electron chi connectivity index (χ1n) is 12.0. The lowest BCUT2D eigenvalue weighted by Crippen LogP contribution is -2.42. The first-order valence-corrected chi connectivity index (χ1v) is 12.0. The van der Waals surface area contributed by atoms with E-state index in [1.165, 1.54) is 26.1 Å². The summed E-state index contributed by atoms with van der Waals surface area (Å²) in [5, 5.41) is 3.33. The van der Waals surface area contributed by atoms with E-state index in [1.54, 1.807) is 62.5 Å². The molecule has 11 nitrogen and oxygen atoms in total. The standard InChI is InChI=1S/C16H17NO6.C12H11NO3/c1-4-21-13(18)10-6-5-7-11(8-10)17-9-12-14(19)22-16(2,3)23-15(12)20;1-2-16-12(15)8-3-4-9-10(7-8)13-6-5-11(9)14/h5-9,17H,4H2,1-3H3;3-7H,2H2,1H3,(H,13,14). The third kappa shape index (κ3) is 7.54. The molecule has 0 aliphatic carbocycles. The lowest BCUT2D eigenvalue weighted by Gasteiger charge is -2.29. The van der Waals surface area contributed by atoms with Gasteiger partial charge >= 0.3 is 23.9 Å². The molecule has 0 atom stereocenters. The number of benzene rings is 2. The summed E-state index contributed by atoms with van der Waals surface area (Å²) in [6.07, 6.45) is 2.74. The molecule has 1 aliphatic heterocycles. The molecule has 39 heavy (non-hydrogen) atoms. The summed E-state index contributed by atoms with van der Waals surface area (Å²) in [7, 11) is 0. The summed E-state index contributed by atoms with van der Waals surface area (Å²) in [5.74, 6) is -3.67. The molecule has 1 aliphatic rings. The number of H-pyrrole nitrogens is 1. The van der Waals surface area contributed by atoms with Crippen LogP contribution in [0.15, 0.2) is 71.3 Å². The number of aromatic nitrogens is 1. The predicted octanol–water partition coefficient (Wildman–Crippen LogP) is 3.70. The SMILES string of the molecule is CCOC(=O)c1ccc2c(=O)cc[nH]c2c1.CCOC(=O)c1cccc(NC=C2C(=O)OC(C)(C)OC2=O)c1. The van der Waals surface area contributed by atoms with Gasteiger partial charge in [0, 0.05) is 43.4 Å². The van der Waals surface area contributed by atoms with E-state index in [4.69, 9.17) is 18.9 Å². The van der Waals surface area contributed by atoms with Crippen LogP contribution in [0.3, 0.4) is 0 Å². The largest absolute Gasteiger partial charge is 0.462 e. The molecular weight excluding hydrogens is 508 g/mol. The van der Waals surface area contributed by atoms with Crippen LogP contribution in [-0.4, -0.2) is 47.9 Å². The van der Waals surface area contributed by atoms with Gasteiger partial charge in [0.1, 0.15) is 0 Å². The molecule has 0 saturated carbocycles. The highest BCUT2D eigenvalue weighted by Gasteiger charge is 2.38. The van der Waals surface area contributed by atoms with Crippen LogP contribution in [0, 0.1) is 0 Å². The van der Waals surface area contributed by atoms with Crippen LogP contribution in [0.1, 0.15) is 48.4 Å². The average Bonchev–Trinajstić information content (AvgIpc) is 2.88. The number of carbonyl (C=O) groups is 4. The molecule has 0 radical (unpaired) electrons. The molecule has 4 rings (SSSR count). The van der Waals surface area contributed by atoms with Crippen molar-refractivity contribution in [2.45, 2.75) is 33.5 Å². The van der Waals surface area contributed by atoms with Crippen LogP contribution >= 0.6 is 0 Å². The van der Waals surface area contributed by atoms with Crippen molar-refractivity contribution in [2.24, 2.45) is 0 Å². The molecule has 1 fully saturated rings. The number of hydrogen-bond donors (Lipinski definition) is 2. The zero-order valence-electron chi connectivity index (χ0n) is 21.9. The van der Waals surface area contributed by atoms with Gasteiger partial charge in [-0.15, -0.1) is 0 Å². The van der Waals surface area contributed by atoms with Crippen LogP contribution in [-0.2, 0) is 28.5 Å². The molecule has 0 spiro atoms. The molecule has 11 heteroatoms. The summed E-state index contributed by atoms with van der Waals surface area (Å²) < 4.78 is 19.7. The van der Waals surface area contributed by atoms with Crippen LogP contribution in [0.2, 0.25) is 0 Å². The Morgan fingerprint density at radius 3 is 2.13 bits per heavy atom. The van der Waals surface area contributed by atoms with Gasteiger partial charge in [0.25, 0.3) is 5.79 Å². The number of nitrogens with one attached hydrogen (secondary N) is 2. The second kappa shape index (κ2) is 12.5. The van der Waals surface area contributed by atoms with E-state index in [2.05, 4.69) is 10.3 Å². The quantitative estimate of drug-likeness (QED) is 0.207. The van der Waals surface area contributed by atoms with Crippen LogP contribution in [0.4, 0.5) is 5.69 Å². The van der Waals surface area contributed by atoms with Gasteiger partial charge in [-0.05, 0) is 50.2 Å². The van der Waals surface area contributed by atoms with Gasteiger partial charge in [-0.2, -0.15) is 0 Å². The summed E-state index contributed by atoms with van der Waals surface area (Å²) >= 11 is 0. The van der Waals surface area contributed by atoms with Crippen molar-refractivity contribution in [3.8, 4) is 0 Å². The minimum atomic E-state index is -1.28. The first-order chi connectivity index (χ1) is 18.5. The Balaban J connectivity index is 0.000000230. The van der Waals surface area contributed by atoms with Gasteiger partial charge in [-0.1, -0.05) is 6.07 Å². The number of ether oxygens (including phenoxy) is 4. The van der Waals surface area contributed by atoms with Crippen molar-refractivity contribution in [1.82, 2.24) is 4.98 Å². The van der Waals surface area contributed by atoms with Crippen molar-refractivity contribution < 1.29 is 38.1 Å². The number of cyclic esters (lactones) is 2. The average molecular weight is 537 g/mol. The minimum absolute atomic E-state index is 0.0656. The number of pyridine rings is 1. The zero-order chi connectivity index (χ0) is 28.6. The van der Waals surface area contributed by atoms with Crippen molar-refractivity contribution >= 4 is 40.5 Å². The highest BCUT2D eigenvalue weighted by molar-refractivity contribution is 6.15. The van der Waals surface area contributed by atoms with Crippen molar-refractivity contribution in [1.29, 1.82) is 0 Å². The number of anilines is 1. The summed E-state index contributed by atoms with van der Waals surface area (Å²) in [6, 6.07) is 12.7. The zero-order valence-corrected chi connectivity index (χ0v) is 21.9. The number of fused-ring (bicyclic) bond motifs is 1. The Hall–Kier alpha value is -4.93. The maximum absolute atomic E-state index is 11.8. The Morgan fingerprint density at radius 2 is 1.51 bits per heavy atom. The minimum Gasteiger partial charge on any atom is -0.462 e. The molecule has 2 N–H and O–H groups in total. The number of carbonyl (C=O) groups excluding carboxylic acids is 4. The van der Waals surface area contributed by atoms with Gasteiger partial charge in [0.2, 0.25) is 0 Å². The highest BCUT2D eigenvalue weighted by atomic mass is 16.7. The summed E-state index contributed by atoms with van der Waals surface area (Å²) in [5.41, 5.74) is 1.61. The number of rotatable bonds is 6. The Bertz CT molecular complexity index is 1470. The Kier molecular flexibility index (Phi) is 9.21. The fraction of sp³-hybridized carbons (Fsp3) is 0.250. The van der Waals surface area contributed by atoms with Crippen molar-refractivity contribution in [3.05, 3.63) is 87.9 Å².